The number of halogens is 1. The van der Waals surface area contributed by atoms with Gasteiger partial charge in [-0.1, -0.05) is 17.9 Å². The summed E-state index contributed by atoms with van der Waals surface area (Å²) in [6.07, 6.45) is 14.5. The van der Waals surface area contributed by atoms with Crippen LogP contribution in [0.1, 0.15) is 66.4 Å². The Hall–Kier alpha value is -6.71. The van der Waals surface area contributed by atoms with Crippen LogP contribution in [-0.2, 0) is 27.7 Å². The molecule has 0 bridgehead atoms. The van der Waals surface area contributed by atoms with Gasteiger partial charge in [-0.15, -0.1) is 0 Å². The lowest BCUT2D eigenvalue weighted by molar-refractivity contribution is -0.136. The Morgan fingerprint density at radius 2 is 1.71 bits per heavy atom. The Balaban J connectivity index is 0.736. The Morgan fingerprint density at radius 3 is 2.47 bits per heavy atom. The fourth-order valence-electron chi connectivity index (χ4n) is 10.6. The maximum absolute atomic E-state index is 13.6. The number of nitrogens with zero attached hydrogens (tertiary/aromatic N) is 10. The first-order valence-electron chi connectivity index (χ1n) is 24.8. The van der Waals surface area contributed by atoms with Gasteiger partial charge in [-0.3, -0.25) is 39.3 Å². The van der Waals surface area contributed by atoms with Crippen LogP contribution in [-0.4, -0.2) is 140 Å². The SMILES string of the molecule is COc1cc(N2CCN(C3CCN(CCCCC#Cc4cccc5c4CN(C4CCC(=O)NC4=O)C5=O)CC3)CC2)c(-c2cnn(C)c2)cc1Nc1ncc(Br)c(Nc2ccc3nccnc3c2P(C)(C)=O)n1. The lowest BCUT2D eigenvalue weighted by atomic mass is 10.0. The molecule has 3 aromatic heterocycles. The number of amides is 3. The largest absolute Gasteiger partial charge is 0.494 e. The molecular formula is C53H59BrN13O5P. The molecule has 6 aromatic rings. The van der Waals surface area contributed by atoms with Gasteiger partial charge >= 0.3 is 0 Å². The van der Waals surface area contributed by atoms with Gasteiger partial charge in [-0.2, -0.15) is 10.1 Å². The van der Waals surface area contributed by atoms with Crippen LogP contribution in [0.25, 0.3) is 22.2 Å². The molecule has 18 nitrogen and oxygen atoms in total. The molecule has 3 aromatic carbocycles. The summed E-state index contributed by atoms with van der Waals surface area (Å²) < 4.78 is 22.1. The molecule has 4 aliphatic rings. The van der Waals surface area contributed by atoms with E-state index in [1.165, 1.54) is 0 Å². The number of fused-ring (bicyclic) bond motifs is 2. The second-order valence-electron chi connectivity index (χ2n) is 19.4. The van der Waals surface area contributed by atoms with Crippen LogP contribution in [0.4, 0.5) is 28.8 Å². The van der Waals surface area contributed by atoms with Gasteiger partial charge in [0.15, 0.2) is 0 Å². The molecule has 4 aliphatic heterocycles. The zero-order valence-electron chi connectivity index (χ0n) is 41.5. The van der Waals surface area contributed by atoms with Crippen molar-refractivity contribution >= 4 is 86.0 Å². The van der Waals surface area contributed by atoms with Gasteiger partial charge in [0.2, 0.25) is 17.8 Å². The summed E-state index contributed by atoms with van der Waals surface area (Å²) in [6.45, 7) is 10.7. The van der Waals surface area contributed by atoms with Crippen LogP contribution in [0.15, 0.2) is 77.9 Å². The number of ether oxygens (including phenoxy) is 1. The van der Waals surface area contributed by atoms with Crippen LogP contribution in [0.3, 0.4) is 0 Å². The number of carbonyl (C=O) groups excluding carboxylic acids is 3. The smallest absolute Gasteiger partial charge is 0.255 e. The number of nitrogens with one attached hydrogen (secondary N) is 3. The van der Waals surface area contributed by atoms with E-state index in [1.807, 2.05) is 48.4 Å². The maximum Gasteiger partial charge on any atom is 0.255 e. The molecule has 3 saturated heterocycles. The number of anilines is 5. The molecule has 1 unspecified atom stereocenters. The number of piperidine rings is 2. The molecule has 73 heavy (non-hydrogen) atoms. The van der Waals surface area contributed by atoms with Crippen LogP contribution in [0, 0.1) is 11.8 Å². The number of rotatable bonds is 14. The summed E-state index contributed by atoms with van der Waals surface area (Å²) in [6, 6.07) is 13.4. The summed E-state index contributed by atoms with van der Waals surface area (Å²) in [5.74, 6) is 7.25. The number of hydrogen-bond acceptors (Lipinski definition) is 15. The molecule has 10 rings (SSSR count). The second-order valence-corrected chi connectivity index (χ2v) is 23.4. The quantitative estimate of drug-likeness (QED) is 0.0441. The summed E-state index contributed by atoms with van der Waals surface area (Å²) in [7, 11) is 0.785. The van der Waals surface area contributed by atoms with Gasteiger partial charge in [0.1, 0.15) is 30.3 Å². The average molecular weight is 1070 g/mol. The number of likely N-dealkylation sites (tertiary alicyclic amines) is 1. The van der Waals surface area contributed by atoms with Crippen molar-refractivity contribution in [2.24, 2.45) is 7.05 Å². The standard InChI is InChI=1S/C53H59BrN13O5P/c1-63-32-35(30-58-63)38-28-43(60-53-57-31-40(54)50(62-53)59-42-14-13-41-48(56-20-19-55-41)49(42)73(3,4)71)46(72-2)29-45(38)66-26-24-65(25-27-66)36-17-22-64(23-18-36)21-8-6-5-7-10-34-11-9-12-37-39(34)33-67(52(37)70)44-15-16-47(68)61-51(44)69/h9,11-14,19-20,28-32,36,44H,5-6,8,15-18,21-27,33H2,1-4H3,(H,61,68,69)(H2,57,59,60,62). The molecule has 7 heterocycles. The van der Waals surface area contributed by atoms with Crippen molar-refractivity contribution in [3.63, 3.8) is 0 Å². The molecule has 0 saturated carbocycles. The van der Waals surface area contributed by atoms with Crippen molar-refractivity contribution in [2.75, 3.05) is 81.8 Å². The van der Waals surface area contributed by atoms with Crippen molar-refractivity contribution in [1.29, 1.82) is 0 Å². The Bertz CT molecular complexity index is 3210. The molecule has 20 heteroatoms. The minimum Gasteiger partial charge on any atom is -0.494 e. The Labute approximate surface area is 433 Å². The predicted molar refractivity (Wildman–Crippen MR) is 287 cm³/mol. The monoisotopic (exact) mass is 1070 g/mol. The minimum absolute atomic E-state index is 0.177. The van der Waals surface area contributed by atoms with Crippen LogP contribution in [0.2, 0.25) is 0 Å². The van der Waals surface area contributed by atoms with E-state index >= 15 is 0 Å². The third kappa shape index (κ3) is 10.8. The highest BCUT2D eigenvalue weighted by Crippen LogP contribution is 2.43. The third-order valence-electron chi connectivity index (χ3n) is 14.3. The van der Waals surface area contributed by atoms with E-state index in [0.29, 0.717) is 74.3 Å². The van der Waals surface area contributed by atoms with E-state index < -0.39 is 19.1 Å². The van der Waals surface area contributed by atoms with E-state index in [0.717, 1.165) is 106 Å². The summed E-state index contributed by atoms with van der Waals surface area (Å²) >= 11 is 3.62. The number of methoxy groups -OCH3 is 1. The highest BCUT2D eigenvalue weighted by Gasteiger charge is 2.40. The molecule has 0 aliphatic carbocycles. The van der Waals surface area contributed by atoms with Gasteiger partial charge in [0.25, 0.3) is 5.91 Å². The molecule has 3 amide bonds. The summed E-state index contributed by atoms with van der Waals surface area (Å²) in [5, 5.41) is 14.3. The lowest BCUT2D eigenvalue weighted by Crippen LogP contribution is -2.53. The fourth-order valence-corrected chi connectivity index (χ4v) is 12.2. The van der Waals surface area contributed by atoms with Gasteiger partial charge in [0.05, 0.1) is 40.0 Å². The Morgan fingerprint density at radius 1 is 0.904 bits per heavy atom. The zero-order chi connectivity index (χ0) is 50.8. The number of aromatic nitrogens is 6. The number of imide groups is 1. The first-order chi connectivity index (χ1) is 35.3. The van der Waals surface area contributed by atoms with Crippen molar-refractivity contribution in [1.82, 2.24) is 49.7 Å². The van der Waals surface area contributed by atoms with Gasteiger partial charge < -0.3 is 34.6 Å². The zero-order valence-corrected chi connectivity index (χ0v) is 44.0. The lowest BCUT2D eigenvalue weighted by Gasteiger charge is -2.43. The normalized spacial score (nSPS) is 17.9. The number of piperazine rings is 1. The van der Waals surface area contributed by atoms with Crippen molar-refractivity contribution < 1.29 is 23.7 Å². The second kappa shape index (κ2) is 21.4. The minimum atomic E-state index is -2.81. The van der Waals surface area contributed by atoms with E-state index in [2.05, 4.69) is 90.6 Å². The van der Waals surface area contributed by atoms with E-state index in [-0.39, 0.29) is 18.2 Å². The fraction of sp³-hybridized carbons (Fsp3) is 0.396. The van der Waals surface area contributed by atoms with E-state index in [9.17, 15) is 18.9 Å². The molecule has 0 radical (unpaired) electrons. The number of benzene rings is 3. The van der Waals surface area contributed by atoms with Gasteiger partial charge in [0, 0.05) is 117 Å². The number of aryl methyl sites for hydroxylation is 1. The predicted octanol–water partition coefficient (Wildman–Crippen LogP) is 6.90. The third-order valence-corrected chi connectivity index (χ3v) is 16.4. The first kappa shape index (κ1) is 49.9. The molecule has 0 spiro atoms. The van der Waals surface area contributed by atoms with E-state index in [1.54, 1.807) is 50.0 Å². The topological polar surface area (TPSA) is 196 Å². The first-order valence-corrected chi connectivity index (χ1v) is 28.2. The number of hydrogen-bond donors (Lipinski definition) is 3. The molecule has 3 N–H and O–H groups in total. The summed E-state index contributed by atoms with van der Waals surface area (Å²) in [4.78, 5) is 65.1. The highest BCUT2D eigenvalue weighted by molar-refractivity contribution is 9.10. The maximum atomic E-state index is 13.6. The molecule has 3 fully saturated rings. The highest BCUT2D eigenvalue weighted by atomic mass is 79.9. The van der Waals surface area contributed by atoms with Crippen LogP contribution < -0.4 is 30.9 Å². The number of unbranched alkanes of at least 4 members (excludes halogenated alkanes) is 2. The molecular weight excluding hydrogens is 1010 g/mol. The van der Waals surface area contributed by atoms with E-state index in [4.69, 9.17) is 9.72 Å². The molecule has 1 atom stereocenters. The van der Waals surface area contributed by atoms with Gasteiger partial charge in [-0.25, -0.2) is 4.98 Å². The van der Waals surface area contributed by atoms with Crippen molar-refractivity contribution in [3.8, 4) is 28.7 Å². The summed E-state index contributed by atoms with van der Waals surface area (Å²) in [5.41, 5.74) is 7.93. The van der Waals surface area contributed by atoms with Crippen molar-refractivity contribution in [2.45, 2.75) is 63.6 Å². The van der Waals surface area contributed by atoms with Crippen LogP contribution in [0.5, 0.6) is 5.75 Å². The van der Waals surface area contributed by atoms with Crippen LogP contribution >= 0.6 is 23.1 Å². The number of carbonyl (C=O) groups is 3. The Kier molecular flexibility index (Phi) is 14.6. The molecule has 378 valence electrons. The van der Waals surface area contributed by atoms with Crippen molar-refractivity contribution in [3.05, 3.63) is 94.6 Å². The average Bonchev–Trinajstić information content (AvgIpc) is 3.98. The van der Waals surface area contributed by atoms with Gasteiger partial charge in [-0.05, 0) is 117 Å².